The quantitative estimate of drug-likeness (QED) is 0.298. The van der Waals surface area contributed by atoms with Crippen molar-refractivity contribution in [2.24, 2.45) is 0 Å². The van der Waals surface area contributed by atoms with E-state index in [9.17, 15) is 18.0 Å². The van der Waals surface area contributed by atoms with Gasteiger partial charge in [-0.25, -0.2) is 0 Å². The van der Waals surface area contributed by atoms with Crippen molar-refractivity contribution >= 4 is 45.7 Å². The van der Waals surface area contributed by atoms with E-state index in [1.165, 1.54) is 18.2 Å². The summed E-state index contributed by atoms with van der Waals surface area (Å²) in [6, 6.07) is 17.0. The highest BCUT2D eigenvalue weighted by atomic mass is 35.5. The molecule has 4 nitrogen and oxygen atoms in total. The average Bonchev–Trinajstić information content (AvgIpc) is 3.18. The fraction of sp³-hybridized carbons (Fsp3) is 0.160. The van der Waals surface area contributed by atoms with Gasteiger partial charge in [0.2, 0.25) is 0 Å². The van der Waals surface area contributed by atoms with Crippen LogP contribution in [0.4, 0.5) is 18.9 Å². The van der Waals surface area contributed by atoms with Crippen LogP contribution >= 0.6 is 23.2 Å². The molecule has 1 aliphatic heterocycles. The maximum Gasteiger partial charge on any atom is 0.416 e. The summed E-state index contributed by atoms with van der Waals surface area (Å²) in [5.41, 5.74) is 0.505. The van der Waals surface area contributed by atoms with Gasteiger partial charge in [0.05, 0.1) is 11.3 Å². The lowest BCUT2D eigenvalue weighted by molar-refractivity contribution is -0.137. The first-order valence-electron chi connectivity index (χ1n) is 10.5. The molecule has 4 aromatic rings. The molecule has 34 heavy (non-hydrogen) atoms. The Balaban J connectivity index is 1.69. The second-order valence-electron chi connectivity index (χ2n) is 8.11. The van der Waals surface area contributed by atoms with E-state index < -0.39 is 23.2 Å². The molecular formula is C25H18Cl2F3N3O. The summed E-state index contributed by atoms with van der Waals surface area (Å²) in [4.78, 5) is 17.3. The number of nitrogens with one attached hydrogen (secondary N) is 3. The van der Waals surface area contributed by atoms with Crippen LogP contribution in [0.25, 0.3) is 10.9 Å². The minimum atomic E-state index is -4.54. The van der Waals surface area contributed by atoms with Gasteiger partial charge >= 0.3 is 6.18 Å². The van der Waals surface area contributed by atoms with E-state index in [0.29, 0.717) is 29.2 Å². The third-order valence-electron chi connectivity index (χ3n) is 6.08. The lowest BCUT2D eigenvalue weighted by Gasteiger charge is -2.38. The number of fused-ring (bicyclic) bond motifs is 3. The number of hydrogen-bond acceptors (Lipinski definition) is 2. The maximum absolute atomic E-state index is 14.0. The van der Waals surface area contributed by atoms with Gasteiger partial charge in [-0.3, -0.25) is 10.1 Å². The van der Waals surface area contributed by atoms with E-state index in [4.69, 9.17) is 23.2 Å². The molecular weight excluding hydrogens is 486 g/mol. The lowest BCUT2D eigenvalue weighted by atomic mass is 9.80. The smallest absolute Gasteiger partial charge is 0.356 e. The summed E-state index contributed by atoms with van der Waals surface area (Å²) < 4.78 is 39.7. The van der Waals surface area contributed by atoms with Gasteiger partial charge in [0.1, 0.15) is 0 Å². The van der Waals surface area contributed by atoms with Crippen molar-refractivity contribution in [3.8, 4) is 0 Å². The molecule has 1 atom stereocenters. The maximum atomic E-state index is 14.0. The second-order valence-corrected chi connectivity index (χ2v) is 8.95. The van der Waals surface area contributed by atoms with Gasteiger partial charge in [0.25, 0.3) is 5.91 Å². The van der Waals surface area contributed by atoms with Crippen LogP contribution in [-0.2, 0) is 22.9 Å². The summed E-state index contributed by atoms with van der Waals surface area (Å²) in [6.07, 6.45) is -3.88. The zero-order valence-electron chi connectivity index (χ0n) is 17.6. The van der Waals surface area contributed by atoms with E-state index >= 15 is 0 Å². The van der Waals surface area contributed by atoms with Crippen LogP contribution in [0.3, 0.4) is 0 Å². The molecule has 1 amide bonds. The number of aromatic nitrogens is 1. The van der Waals surface area contributed by atoms with Gasteiger partial charge in [-0.1, -0.05) is 53.5 Å². The minimum Gasteiger partial charge on any atom is -0.356 e. The Kier molecular flexibility index (Phi) is 5.59. The fourth-order valence-corrected chi connectivity index (χ4v) is 5.13. The highest BCUT2D eigenvalue weighted by Gasteiger charge is 2.48. The summed E-state index contributed by atoms with van der Waals surface area (Å²) >= 11 is 12.7. The Morgan fingerprint density at radius 1 is 1.00 bits per heavy atom. The molecule has 0 fully saturated rings. The first-order chi connectivity index (χ1) is 16.2. The van der Waals surface area contributed by atoms with Crippen molar-refractivity contribution in [3.63, 3.8) is 0 Å². The minimum absolute atomic E-state index is 0.0225. The van der Waals surface area contributed by atoms with Gasteiger partial charge < -0.3 is 10.3 Å². The normalized spacial score (nSPS) is 18.0. The van der Waals surface area contributed by atoms with Crippen molar-refractivity contribution in [1.29, 1.82) is 0 Å². The molecule has 2 heterocycles. The van der Waals surface area contributed by atoms with E-state index in [-0.39, 0.29) is 10.7 Å². The summed E-state index contributed by atoms with van der Waals surface area (Å²) in [5.74, 6) is -0.566. The topological polar surface area (TPSA) is 56.9 Å². The molecule has 1 aromatic heterocycles. The van der Waals surface area contributed by atoms with Gasteiger partial charge in [-0.05, 0) is 48.4 Å². The molecule has 174 valence electrons. The van der Waals surface area contributed by atoms with Crippen LogP contribution in [-0.4, -0.2) is 17.4 Å². The number of para-hydroxylation sites is 1. The van der Waals surface area contributed by atoms with Crippen molar-refractivity contribution in [1.82, 2.24) is 10.3 Å². The number of carbonyl (C=O) groups is 1. The van der Waals surface area contributed by atoms with E-state index in [0.717, 1.165) is 28.6 Å². The number of alkyl halides is 3. The zero-order valence-corrected chi connectivity index (χ0v) is 19.1. The first-order valence-corrected chi connectivity index (χ1v) is 11.2. The third kappa shape index (κ3) is 3.74. The van der Waals surface area contributed by atoms with E-state index in [2.05, 4.69) is 15.6 Å². The number of carbonyl (C=O) groups excluding carboxylic acids is 1. The Bertz CT molecular complexity index is 1420. The standard InChI is InChI=1S/C25H18Cl2F3N3O/c26-15-8-9-19(20(27)13-15)24(23(34)32-16-5-3-4-14(12-16)25(28,29)30)22-18(10-11-31-24)17-6-1-2-7-21(17)33-22/h1-9,12-13,31,33H,10-11H2,(H,32,34)/t24-/m0/s1. The van der Waals surface area contributed by atoms with Crippen LogP contribution < -0.4 is 10.6 Å². The summed E-state index contributed by atoms with van der Waals surface area (Å²) in [5, 5.41) is 7.60. The Hall–Kier alpha value is -3.00. The largest absolute Gasteiger partial charge is 0.416 e. The highest BCUT2D eigenvalue weighted by Crippen LogP contribution is 2.42. The third-order valence-corrected chi connectivity index (χ3v) is 6.63. The Morgan fingerprint density at radius 3 is 2.56 bits per heavy atom. The van der Waals surface area contributed by atoms with Crippen molar-refractivity contribution in [2.75, 3.05) is 11.9 Å². The monoisotopic (exact) mass is 503 g/mol. The zero-order chi connectivity index (χ0) is 24.1. The molecule has 1 aliphatic rings. The number of anilines is 1. The van der Waals surface area contributed by atoms with Crippen molar-refractivity contribution in [2.45, 2.75) is 18.1 Å². The molecule has 0 spiro atoms. The number of amides is 1. The van der Waals surface area contributed by atoms with Crippen LogP contribution in [0.2, 0.25) is 10.0 Å². The number of benzene rings is 3. The van der Waals surface area contributed by atoms with Crippen molar-refractivity contribution in [3.05, 3.63) is 99.2 Å². The molecule has 0 saturated carbocycles. The molecule has 0 unspecified atom stereocenters. The molecule has 0 radical (unpaired) electrons. The molecule has 0 saturated heterocycles. The summed E-state index contributed by atoms with van der Waals surface area (Å²) in [7, 11) is 0. The average molecular weight is 504 g/mol. The first kappa shape index (κ1) is 22.8. The highest BCUT2D eigenvalue weighted by molar-refractivity contribution is 6.35. The lowest BCUT2D eigenvalue weighted by Crippen LogP contribution is -2.56. The SMILES string of the molecule is O=C(Nc1cccc(C(F)(F)F)c1)[C@@]1(c2ccc(Cl)cc2Cl)NCCc2c1[nH]c1ccccc21. The molecule has 0 aliphatic carbocycles. The molecule has 5 rings (SSSR count). The number of H-pyrrole nitrogens is 1. The van der Waals surface area contributed by atoms with E-state index in [1.54, 1.807) is 12.1 Å². The summed E-state index contributed by atoms with van der Waals surface area (Å²) in [6.45, 7) is 0.448. The molecule has 9 heteroatoms. The van der Waals surface area contributed by atoms with E-state index in [1.807, 2.05) is 24.3 Å². The number of rotatable bonds is 3. The fourth-order valence-electron chi connectivity index (χ4n) is 4.58. The van der Waals surface area contributed by atoms with Gasteiger partial charge in [0, 0.05) is 38.7 Å². The van der Waals surface area contributed by atoms with Crippen LogP contribution in [0.15, 0.2) is 66.7 Å². The predicted molar refractivity (Wildman–Crippen MR) is 127 cm³/mol. The van der Waals surface area contributed by atoms with Crippen LogP contribution in [0.1, 0.15) is 22.4 Å². The van der Waals surface area contributed by atoms with Crippen molar-refractivity contribution < 1.29 is 18.0 Å². The Morgan fingerprint density at radius 2 is 1.79 bits per heavy atom. The van der Waals surface area contributed by atoms with Gasteiger partial charge in [-0.15, -0.1) is 0 Å². The Labute approximate surface area is 203 Å². The second kappa shape index (κ2) is 8.34. The number of halogens is 5. The number of aromatic amines is 1. The van der Waals surface area contributed by atoms with Crippen LogP contribution in [0, 0.1) is 0 Å². The van der Waals surface area contributed by atoms with Gasteiger partial charge in [-0.2, -0.15) is 13.2 Å². The molecule has 0 bridgehead atoms. The predicted octanol–water partition coefficient (Wildman–Crippen LogP) is 6.52. The molecule has 3 N–H and O–H groups in total. The number of hydrogen-bond donors (Lipinski definition) is 3. The molecule has 3 aromatic carbocycles. The van der Waals surface area contributed by atoms with Crippen LogP contribution in [0.5, 0.6) is 0 Å². The van der Waals surface area contributed by atoms with Gasteiger partial charge in [0.15, 0.2) is 5.54 Å².